The molecule has 3 rings (SSSR count). The minimum absolute atomic E-state index is 0.606. The summed E-state index contributed by atoms with van der Waals surface area (Å²) in [5.41, 5.74) is 4.33. The first kappa shape index (κ1) is 12.9. The van der Waals surface area contributed by atoms with Crippen LogP contribution >= 0.6 is 0 Å². The molecule has 0 aliphatic heterocycles. The average Bonchev–Trinajstić information content (AvgIpc) is 2.48. The molecule has 1 aliphatic carbocycles. The molecule has 20 heavy (non-hydrogen) atoms. The van der Waals surface area contributed by atoms with Crippen LogP contribution in [0.2, 0.25) is 0 Å². The van der Waals surface area contributed by atoms with Gasteiger partial charge in [-0.25, -0.2) is 0 Å². The lowest BCUT2D eigenvalue weighted by Crippen LogP contribution is -2.14. The van der Waals surface area contributed by atoms with E-state index in [0.29, 0.717) is 0 Å². The van der Waals surface area contributed by atoms with E-state index in [1.807, 2.05) is 6.07 Å². The van der Waals surface area contributed by atoms with Gasteiger partial charge in [0.25, 0.3) is 0 Å². The number of pyridine rings is 1. The Balaban J connectivity index is 2.02. The summed E-state index contributed by atoms with van der Waals surface area (Å²) in [5, 5.41) is 9.56. The molecule has 1 unspecified atom stereocenters. The molecule has 0 fully saturated rings. The highest BCUT2D eigenvalue weighted by atomic mass is 16.4. The lowest BCUT2D eigenvalue weighted by Gasteiger charge is -2.19. The number of carbonyl (C=O) groups is 1. The highest BCUT2D eigenvalue weighted by molar-refractivity contribution is 5.80. The Labute approximate surface area is 118 Å². The molecule has 1 N–H and O–H groups in total. The van der Waals surface area contributed by atoms with E-state index in [9.17, 15) is 9.90 Å². The Morgan fingerprint density at radius 2 is 1.70 bits per heavy atom. The molecule has 0 radical (unpaired) electrons. The molecular formula is C17H17NO2. The minimum atomic E-state index is -0.813. The predicted octanol–water partition coefficient (Wildman–Crippen LogP) is 3.18. The van der Waals surface area contributed by atoms with Crippen molar-refractivity contribution in [2.45, 2.75) is 31.6 Å². The number of benzene rings is 1. The Kier molecular flexibility index (Phi) is 3.50. The van der Waals surface area contributed by atoms with Crippen LogP contribution in [0, 0.1) is 0 Å². The first-order valence-electron chi connectivity index (χ1n) is 7.00. The van der Waals surface area contributed by atoms with Gasteiger partial charge < -0.3 is 5.11 Å². The summed E-state index contributed by atoms with van der Waals surface area (Å²) < 4.78 is 0. The van der Waals surface area contributed by atoms with Crippen LogP contribution in [0.15, 0.2) is 42.7 Å². The fourth-order valence-electron chi connectivity index (χ4n) is 2.97. The second-order valence-corrected chi connectivity index (χ2v) is 5.29. The first-order chi connectivity index (χ1) is 9.75. The summed E-state index contributed by atoms with van der Waals surface area (Å²) in [6.45, 7) is 0. The molecule has 3 nitrogen and oxygen atoms in total. The summed E-state index contributed by atoms with van der Waals surface area (Å²) in [7, 11) is 0. The molecule has 1 aromatic heterocycles. The number of aryl methyl sites for hydroxylation is 2. The molecule has 3 heteroatoms. The van der Waals surface area contributed by atoms with Gasteiger partial charge >= 0.3 is 5.97 Å². The molecule has 1 heterocycles. The summed E-state index contributed by atoms with van der Waals surface area (Å²) >= 11 is 0. The van der Waals surface area contributed by atoms with Crippen LogP contribution in [-0.4, -0.2) is 16.1 Å². The SMILES string of the molecule is O=C(O)C(c1ccncc1)c1ccc2c(c1)CCCC2. The van der Waals surface area contributed by atoms with Crippen LogP contribution in [0.3, 0.4) is 0 Å². The quantitative estimate of drug-likeness (QED) is 0.929. The Morgan fingerprint density at radius 1 is 1.00 bits per heavy atom. The first-order valence-corrected chi connectivity index (χ1v) is 7.00. The van der Waals surface area contributed by atoms with E-state index >= 15 is 0 Å². The normalized spacial score (nSPS) is 15.4. The molecule has 0 amide bonds. The van der Waals surface area contributed by atoms with Crippen LogP contribution < -0.4 is 0 Å². The van der Waals surface area contributed by atoms with Crippen LogP contribution in [-0.2, 0) is 17.6 Å². The number of carboxylic acid groups (broad SMARTS) is 1. The molecule has 102 valence electrons. The predicted molar refractivity (Wildman–Crippen MR) is 76.8 cm³/mol. The summed E-state index contributed by atoms with van der Waals surface area (Å²) in [5.74, 6) is -1.42. The van der Waals surface area contributed by atoms with E-state index in [1.165, 1.54) is 24.0 Å². The number of carboxylic acids is 1. The average molecular weight is 267 g/mol. The molecule has 1 aliphatic rings. The number of aromatic nitrogens is 1. The number of hydrogen-bond acceptors (Lipinski definition) is 2. The maximum Gasteiger partial charge on any atom is 0.315 e. The van der Waals surface area contributed by atoms with Gasteiger partial charge in [-0.15, -0.1) is 0 Å². The summed E-state index contributed by atoms with van der Waals surface area (Å²) in [6, 6.07) is 9.69. The van der Waals surface area contributed by atoms with Crippen LogP contribution in [0.5, 0.6) is 0 Å². The third-order valence-corrected chi connectivity index (χ3v) is 3.99. The van der Waals surface area contributed by atoms with E-state index in [1.54, 1.807) is 24.5 Å². The van der Waals surface area contributed by atoms with Crippen LogP contribution in [0.1, 0.15) is 41.0 Å². The molecule has 0 saturated heterocycles. The molecule has 2 aromatic rings. The van der Waals surface area contributed by atoms with Gasteiger partial charge in [0.05, 0.1) is 0 Å². The standard InChI is InChI=1S/C17H17NO2/c19-17(20)16(13-7-9-18-10-8-13)15-6-5-12-3-1-2-4-14(12)11-15/h5-11,16H,1-4H2,(H,19,20). The molecular weight excluding hydrogens is 250 g/mol. The third-order valence-electron chi connectivity index (χ3n) is 3.99. The van der Waals surface area contributed by atoms with Crippen molar-refractivity contribution < 1.29 is 9.90 Å². The Hall–Kier alpha value is -2.16. The van der Waals surface area contributed by atoms with Gasteiger partial charge in [0.15, 0.2) is 0 Å². The largest absolute Gasteiger partial charge is 0.481 e. The van der Waals surface area contributed by atoms with Crippen molar-refractivity contribution in [3.63, 3.8) is 0 Å². The number of rotatable bonds is 3. The Morgan fingerprint density at radius 3 is 2.40 bits per heavy atom. The van der Waals surface area contributed by atoms with Gasteiger partial charge in [-0.05, 0) is 60.1 Å². The molecule has 1 atom stereocenters. The number of nitrogens with zero attached hydrogens (tertiary/aromatic N) is 1. The monoisotopic (exact) mass is 267 g/mol. The maximum absolute atomic E-state index is 11.6. The summed E-state index contributed by atoms with van der Waals surface area (Å²) in [6.07, 6.45) is 7.89. The van der Waals surface area contributed by atoms with E-state index in [4.69, 9.17) is 0 Å². The smallest absolute Gasteiger partial charge is 0.315 e. The van der Waals surface area contributed by atoms with Gasteiger partial charge in [0.2, 0.25) is 0 Å². The van der Waals surface area contributed by atoms with Gasteiger partial charge in [-0.3, -0.25) is 9.78 Å². The fourth-order valence-corrected chi connectivity index (χ4v) is 2.97. The highest BCUT2D eigenvalue weighted by Crippen LogP contribution is 2.29. The highest BCUT2D eigenvalue weighted by Gasteiger charge is 2.23. The molecule has 0 saturated carbocycles. The third kappa shape index (κ3) is 2.44. The zero-order chi connectivity index (χ0) is 13.9. The zero-order valence-corrected chi connectivity index (χ0v) is 11.2. The van der Waals surface area contributed by atoms with E-state index in [0.717, 1.165) is 24.0 Å². The number of fused-ring (bicyclic) bond motifs is 1. The van der Waals surface area contributed by atoms with Crippen molar-refractivity contribution in [1.82, 2.24) is 4.98 Å². The topological polar surface area (TPSA) is 50.2 Å². The lowest BCUT2D eigenvalue weighted by atomic mass is 9.85. The van der Waals surface area contributed by atoms with Crippen molar-refractivity contribution in [2.24, 2.45) is 0 Å². The van der Waals surface area contributed by atoms with Gasteiger partial charge in [-0.2, -0.15) is 0 Å². The second-order valence-electron chi connectivity index (χ2n) is 5.29. The van der Waals surface area contributed by atoms with Gasteiger partial charge in [0.1, 0.15) is 5.92 Å². The fraction of sp³-hybridized carbons (Fsp3) is 0.294. The summed E-state index contributed by atoms with van der Waals surface area (Å²) in [4.78, 5) is 15.6. The zero-order valence-electron chi connectivity index (χ0n) is 11.2. The number of hydrogen-bond donors (Lipinski definition) is 1. The molecule has 0 bridgehead atoms. The molecule has 1 aromatic carbocycles. The maximum atomic E-state index is 11.6. The lowest BCUT2D eigenvalue weighted by molar-refractivity contribution is -0.137. The van der Waals surface area contributed by atoms with E-state index in [-0.39, 0.29) is 0 Å². The minimum Gasteiger partial charge on any atom is -0.481 e. The van der Waals surface area contributed by atoms with Crippen molar-refractivity contribution in [3.05, 3.63) is 65.0 Å². The van der Waals surface area contributed by atoms with E-state index in [2.05, 4.69) is 17.1 Å². The van der Waals surface area contributed by atoms with E-state index < -0.39 is 11.9 Å². The van der Waals surface area contributed by atoms with Gasteiger partial charge in [-0.1, -0.05) is 18.2 Å². The second kappa shape index (κ2) is 5.45. The van der Waals surface area contributed by atoms with Crippen LogP contribution in [0.25, 0.3) is 0 Å². The molecule has 0 spiro atoms. The van der Waals surface area contributed by atoms with Crippen LogP contribution in [0.4, 0.5) is 0 Å². The van der Waals surface area contributed by atoms with Crippen molar-refractivity contribution in [3.8, 4) is 0 Å². The number of aliphatic carboxylic acids is 1. The van der Waals surface area contributed by atoms with Gasteiger partial charge in [0, 0.05) is 12.4 Å². The Bertz CT molecular complexity index is 622. The van der Waals surface area contributed by atoms with Crippen molar-refractivity contribution >= 4 is 5.97 Å². The van der Waals surface area contributed by atoms with Crippen molar-refractivity contribution in [2.75, 3.05) is 0 Å². The van der Waals surface area contributed by atoms with Crippen molar-refractivity contribution in [1.29, 1.82) is 0 Å².